The molecule has 0 fully saturated rings. The van der Waals surface area contributed by atoms with Gasteiger partial charge in [-0.2, -0.15) is 0 Å². The molecule has 0 bridgehead atoms. The molecule has 0 aromatic carbocycles. The van der Waals surface area contributed by atoms with Crippen molar-refractivity contribution >= 4 is 17.2 Å². The van der Waals surface area contributed by atoms with Crippen LogP contribution in [0.4, 0.5) is 0 Å². The SMILES string of the molecule is CCCCN(CCO)CC(N)=S. The zero-order valence-corrected chi connectivity index (χ0v) is 8.44. The Morgan fingerprint density at radius 3 is 2.58 bits per heavy atom. The lowest BCUT2D eigenvalue weighted by molar-refractivity contribution is 0.210. The molecular weight excluding hydrogens is 172 g/mol. The first-order chi connectivity index (χ1) is 5.70. The van der Waals surface area contributed by atoms with Gasteiger partial charge >= 0.3 is 0 Å². The zero-order chi connectivity index (χ0) is 9.40. The van der Waals surface area contributed by atoms with Crippen molar-refractivity contribution in [3.05, 3.63) is 0 Å². The van der Waals surface area contributed by atoms with Crippen LogP contribution in [0.2, 0.25) is 0 Å². The van der Waals surface area contributed by atoms with Crippen LogP contribution in [0.15, 0.2) is 0 Å². The molecule has 0 aliphatic heterocycles. The van der Waals surface area contributed by atoms with Crippen molar-refractivity contribution in [1.29, 1.82) is 0 Å². The third-order valence-electron chi connectivity index (χ3n) is 1.62. The van der Waals surface area contributed by atoms with E-state index < -0.39 is 0 Å². The third-order valence-corrected chi connectivity index (χ3v) is 1.75. The molecule has 0 rings (SSSR count). The Balaban J connectivity index is 3.61. The first-order valence-corrected chi connectivity index (χ1v) is 4.73. The van der Waals surface area contributed by atoms with Gasteiger partial charge in [0.15, 0.2) is 0 Å². The lowest BCUT2D eigenvalue weighted by Gasteiger charge is -2.19. The summed E-state index contributed by atoms with van der Waals surface area (Å²) in [5.74, 6) is 0. The largest absolute Gasteiger partial charge is 0.395 e. The van der Waals surface area contributed by atoms with Gasteiger partial charge in [0.2, 0.25) is 0 Å². The molecule has 0 amide bonds. The molecule has 0 aromatic rings. The number of rotatable bonds is 7. The molecule has 4 heteroatoms. The summed E-state index contributed by atoms with van der Waals surface area (Å²) in [6, 6.07) is 0. The average Bonchev–Trinajstić information content (AvgIpc) is 2.00. The quantitative estimate of drug-likeness (QED) is 0.569. The third kappa shape index (κ3) is 6.52. The molecule has 3 nitrogen and oxygen atoms in total. The summed E-state index contributed by atoms with van der Waals surface area (Å²) in [5, 5.41) is 8.72. The Bertz CT molecular complexity index is 130. The summed E-state index contributed by atoms with van der Waals surface area (Å²) in [6.07, 6.45) is 2.28. The van der Waals surface area contributed by atoms with Crippen LogP contribution in [0.25, 0.3) is 0 Å². The number of thiocarbonyl (C=S) groups is 1. The Morgan fingerprint density at radius 1 is 1.50 bits per heavy atom. The van der Waals surface area contributed by atoms with E-state index in [0.717, 1.165) is 19.4 Å². The number of hydrogen-bond donors (Lipinski definition) is 2. The molecule has 0 heterocycles. The van der Waals surface area contributed by atoms with E-state index in [1.165, 1.54) is 0 Å². The molecule has 0 saturated heterocycles. The molecule has 0 aliphatic rings. The second kappa shape index (κ2) is 7.46. The Hall–Kier alpha value is -0.190. The van der Waals surface area contributed by atoms with Gasteiger partial charge in [-0.25, -0.2) is 0 Å². The fourth-order valence-corrected chi connectivity index (χ4v) is 1.20. The van der Waals surface area contributed by atoms with E-state index in [0.29, 0.717) is 18.1 Å². The van der Waals surface area contributed by atoms with Gasteiger partial charge in [0, 0.05) is 13.1 Å². The molecule has 0 aromatic heterocycles. The van der Waals surface area contributed by atoms with Gasteiger partial charge in [0.1, 0.15) is 0 Å². The Morgan fingerprint density at radius 2 is 2.17 bits per heavy atom. The lowest BCUT2D eigenvalue weighted by atomic mass is 10.3. The van der Waals surface area contributed by atoms with Crippen LogP contribution in [-0.2, 0) is 0 Å². The standard InChI is InChI=1S/C8H18N2OS/c1-2-3-4-10(5-6-11)7-8(9)12/h11H,2-7H2,1H3,(H2,9,12). The van der Waals surface area contributed by atoms with Crippen molar-refractivity contribution in [1.82, 2.24) is 4.90 Å². The summed E-state index contributed by atoms with van der Waals surface area (Å²) in [4.78, 5) is 2.57. The second-order valence-corrected chi connectivity index (χ2v) is 3.34. The molecule has 3 N–H and O–H groups in total. The van der Waals surface area contributed by atoms with Gasteiger partial charge in [0.25, 0.3) is 0 Å². The van der Waals surface area contributed by atoms with Crippen LogP contribution in [0.1, 0.15) is 19.8 Å². The number of unbranched alkanes of at least 4 members (excludes halogenated alkanes) is 1. The zero-order valence-electron chi connectivity index (χ0n) is 7.62. The molecule has 12 heavy (non-hydrogen) atoms. The van der Waals surface area contributed by atoms with Crippen molar-refractivity contribution < 1.29 is 5.11 Å². The summed E-state index contributed by atoms with van der Waals surface area (Å²) in [6.45, 7) is 4.56. The van der Waals surface area contributed by atoms with E-state index in [2.05, 4.69) is 11.8 Å². The van der Waals surface area contributed by atoms with Crippen LogP contribution < -0.4 is 5.73 Å². The van der Waals surface area contributed by atoms with Gasteiger partial charge < -0.3 is 10.8 Å². The summed E-state index contributed by atoms with van der Waals surface area (Å²) < 4.78 is 0. The minimum atomic E-state index is 0.173. The molecule has 0 spiro atoms. The molecular formula is C8H18N2OS. The maximum absolute atomic E-state index is 8.72. The number of nitrogens with two attached hydrogens (primary N) is 1. The second-order valence-electron chi connectivity index (χ2n) is 2.82. The first kappa shape index (κ1) is 11.8. The van der Waals surface area contributed by atoms with Gasteiger partial charge in [0.05, 0.1) is 11.6 Å². The maximum atomic E-state index is 8.72. The van der Waals surface area contributed by atoms with Crippen molar-refractivity contribution in [3.63, 3.8) is 0 Å². The van der Waals surface area contributed by atoms with Crippen LogP contribution in [0.3, 0.4) is 0 Å². The molecule has 0 saturated carbocycles. The topological polar surface area (TPSA) is 49.5 Å². The highest BCUT2D eigenvalue weighted by molar-refractivity contribution is 7.80. The maximum Gasteiger partial charge on any atom is 0.0870 e. The lowest BCUT2D eigenvalue weighted by Crippen LogP contribution is -2.35. The van der Waals surface area contributed by atoms with Gasteiger partial charge in [-0.3, -0.25) is 4.90 Å². The fourth-order valence-electron chi connectivity index (χ4n) is 1.01. The normalized spacial score (nSPS) is 10.6. The van der Waals surface area contributed by atoms with E-state index in [9.17, 15) is 0 Å². The van der Waals surface area contributed by atoms with Gasteiger partial charge in [-0.1, -0.05) is 25.6 Å². The highest BCUT2D eigenvalue weighted by Crippen LogP contribution is 1.94. The number of aliphatic hydroxyl groups is 1. The van der Waals surface area contributed by atoms with Crippen LogP contribution in [-0.4, -0.2) is 41.2 Å². The molecule has 0 aliphatic carbocycles. The van der Waals surface area contributed by atoms with E-state index in [1.54, 1.807) is 0 Å². The van der Waals surface area contributed by atoms with E-state index in [-0.39, 0.29) is 6.61 Å². The van der Waals surface area contributed by atoms with Crippen LogP contribution in [0, 0.1) is 0 Å². The summed E-state index contributed by atoms with van der Waals surface area (Å²) in [7, 11) is 0. The highest BCUT2D eigenvalue weighted by atomic mass is 32.1. The summed E-state index contributed by atoms with van der Waals surface area (Å²) in [5.41, 5.74) is 5.40. The van der Waals surface area contributed by atoms with Crippen molar-refractivity contribution in [2.45, 2.75) is 19.8 Å². The van der Waals surface area contributed by atoms with Gasteiger partial charge in [-0.15, -0.1) is 0 Å². The molecule has 0 radical (unpaired) electrons. The highest BCUT2D eigenvalue weighted by Gasteiger charge is 2.03. The number of hydrogen-bond acceptors (Lipinski definition) is 3. The fraction of sp³-hybridized carbons (Fsp3) is 0.875. The van der Waals surface area contributed by atoms with E-state index in [1.807, 2.05) is 0 Å². The number of nitrogens with zero attached hydrogens (tertiary/aromatic N) is 1. The molecule has 0 unspecified atom stereocenters. The van der Waals surface area contributed by atoms with E-state index in [4.69, 9.17) is 23.1 Å². The van der Waals surface area contributed by atoms with E-state index >= 15 is 0 Å². The van der Waals surface area contributed by atoms with Crippen molar-refractivity contribution in [2.24, 2.45) is 5.73 Å². The van der Waals surface area contributed by atoms with Crippen LogP contribution >= 0.6 is 12.2 Å². The number of aliphatic hydroxyl groups excluding tert-OH is 1. The Labute approximate surface area is 79.5 Å². The predicted octanol–water partition coefficient (Wildman–Crippen LogP) is 0.367. The Kier molecular flexibility index (Phi) is 7.34. The van der Waals surface area contributed by atoms with Crippen molar-refractivity contribution in [2.75, 3.05) is 26.2 Å². The summed E-state index contributed by atoms with van der Waals surface area (Å²) >= 11 is 4.79. The first-order valence-electron chi connectivity index (χ1n) is 4.32. The molecule has 72 valence electrons. The van der Waals surface area contributed by atoms with Crippen molar-refractivity contribution in [3.8, 4) is 0 Å². The predicted molar refractivity (Wildman–Crippen MR) is 55.2 cm³/mol. The average molecular weight is 190 g/mol. The monoisotopic (exact) mass is 190 g/mol. The minimum Gasteiger partial charge on any atom is -0.395 e. The van der Waals surface area contributed by atoms with Gasteiger partial charge in [-0.05, 0) is 13.0 Å². The smallest absolute Gasteiger partial charge is 0.0870 e. The van der Waals surface area contributed by atoms with Crippen LogP contribution in [0.5, 0.6) is 0 Å². The minimum absolute atomic E-state index is 0.173. The molecule has 0 atom stereocenters.